The molecule has 0 spiro atoms. The second kappa shape index (κ2) is 5.19. The Balaban J connectivity index is 2.73. The third-order valence-corrected chi connectivity index (χ3v) is 2.41. The number of rotatable bonds is 4. The average Bonchev–Trinajstić information content (AvgIpc) is 2.21. The van der Waals surface area contributed by atoms with Crippen molar-refractivity contribution in [1.29, 1.82) is 0 Å². The smallest absolute Gasteiger partial charge is 0.159 e. The van der Waals surface area contributed by atoms with Crippen molar-refractivity contribution in [2.75, 3.05) is 6.54 Å². The summed E-state index contributed by atoms with van der Waals surface area (Å²) in [5.41, 5.74) is 5.94. The normalized spacial score (nSPS) is 15.0. The van der Waals surface area contributed by atoms with E-state index in [-0.39, 0.29) is 12.5 Å². The predicted octanol–water partition coefficient (Wildman–Crippen LogP) is 1.78. The topological polar surface area (TPSA) is 46.2 Å². The number of benzene rings is 1. The molecular weight excluding hydrogens is 200 g/mol. The minimum atomic E-state index is -0.860. The zero-order valence-corrected chi connectivity index (χ0v) is 8.58. The average molecular weight is 215 g/mol. The predicted molar refractivity (Wildman–Crippen MR) is 54.5 cm³/mol. The minimum absolute atomic E-state index is 0.0429. The Morgan fingerprint density at radius 1 is 1.33 bits per heavy atom. The summed E-state index contributed by atoms with van der Waals surface area (Å²) in [5, 5.41) is 9.32. The molecule has 2 atom stereocenters. The highest BCUT2D eigenvalue weighted by Gasteiger charge is 2.12. The van der Waals surface area contributed by atoms with E-state index in [1.165, 1.54) is 6.07 Å². The number of halogens is 2. The fourth-order valence-electron chi connectivity index (χ4n) is 1.46. The summed E-state index contributed by atoms with van der Waals surface area (Å²) >= 11 is 0. The molecule has 0 aliphatic carbocycles. The first kappa shape index (κ1) is 12.1. The Morgan fingerprint density at radius 3 is 2.53 bits per heavy atom. The molecule has 1 aromatic carbocycles. The Bertz CT molecular complexity index is 330. The van der Waals surface area contributed by atoms with E-state index in [4.69, 9.17) is 5.73 Å². The molecule has 0 aliphatic rings. The minimum Gasteiger partial charge on any atom is -0.392 e. The van der Waals surface area contributed by atoms with Gasteiger partial charge in [0.15, 0.2) is 11.6 Å². The summed E-state index contributed by atoms with van der Waals surface area (Å²) < 4.78 is 25.5. The zero-order valence-electron chi connectivity index (χ0n) is 8.58. The third kappa shape index (κ3) is 3.25. The Hall–Kier alpha value is -1.00. The standard InChI is InChI=1S/C11H15F2NO/c1-7(4-9(15)6-14)8-2-3-10(12)11(13)5-8/h2-3,5,7,9,15H,4,6,14H2,1H3. The lowest BCUT2D eigenvalue weighted by atomic mass is 9.95. The monoisotopic (exact) mass is 215 g/mol. The van der Waals surface area contributed by atoms with Gasteiger partial charge in [-0.1, -0.05) is 13.0 Å². The van der Waals surface area contributed by atoms with Crippen LogP contribution in [0.15, 0.2) is 18.2 Å². The number of hydrogen-bond donors (Lipinski definition) is 2. The lowest BCUT2D eigenvalue weighted by Crippen LogP contribution is -2.21. The third-order valence-electron chi connectivity index (χ3n) is 2.41. The molecule has 0 bridgehead atoms. The molecule has 0 aliphatic heterocycles. The molecule has 84 valence electrons. The highest BCUT2D eigenvalue weighted by Crippen LogP contribution is 2.22. The SMILES string of the molecule is CC(CC(O)CN)c1ccc(F)c(F)c1. The lowest BCUT2D eigenvalue weighted by Gasteiger charge is -2.15. The van der Waals surface area contributed by atoms with E-state index in [0.29, 0.717) is 12.0 Å². The van der Waals surface area contributed by atoms with Crippen LogP contribution in [0.3, 0.4) is 0 Å². The molecule has 0 saturated carbocycles. The molecule has 0 amide bonds. The molecule has 0 aromatic heterocycles. The van der Waals surface area contributed by atoms with Gasteiger partial charge in [-0.15, -0.1) is 0 Å². The van der Waals surface area contributed by atoms with Gasteiger partial charge >= 0.3 is 0 Å². The van der Waals surface area contributed by atoms with Crippen LogP contribution < -0.4 is 5.73 Å². The molecular formula is C11H15F2NO. The van der Waals surface area contributed by atoms with E-state index in [2.05, 4.69) is 0 Å². The van der Waals surface area contributed by atoms with Crippen LogP contribution in [0.1, 0.15) is 24.8 Å². The number of hydrogen-bond acceptors (Lipinski definition) is 2. The van der Waals surface area contributed by atoms with Crippen molar-refractivity contribution in [2.45, 2.75) is 25.4 Å². The maximum Gasteiger partial charge on any atom is 0.159 e. The molecule has 0 saturated heterocycles. The van der Waals surface area contributed by atoms with E-state index in [0.717, 1.165) is 12.1 Å². The first-order valence-corrected chi connectivity index (χ1v) is 4.87. The Morgan fingerprint density at radius 2 is 2.00 bits per heavy atom. The van der Waals surface area contributed by atoms with Gasteiger partial charge in [-0.3, -0.25) is 0 Å². The van der Waals surface area contributed by atoms with Crippen molar-refractivity contribution in [3.8, 4) is 0 Å². The van der Waals surface area contributed by atoms with Gasteiger partial charge in [-0.25, -0.2) is 8.78 Å². The van der Waals surface area contributed by atoms with Gasteiger partial charge in [0, 0.05) is 6.54 Å². The zero-order chi connectivity index (χ0) is 11.4. The lowest BCUT2D eigenvalue weighted by molar-refractivity contribution is 0.165. The maximum absolute atomic E-state index is 12.9. The fourth-order valence-corrected chi connectivity index (χ4v) is 1.46. The molecule has 15 heavy (non-hydrogen) atoms. The van der Waals surface area contributed by atoms with E-state index < -0.39 is 17.7 Å². The van der Waals surface area contributed by atoms with Crippen molar-refractivity contribution in [1.82, 2.24) is 0 Å². The second-order valence-corrected chi connectivity index (χ2v) is 3.70. The summed E-state index contributed by atoms with van der Waals surface area (Å²) in [4.78, 5) is 0. The Kier molecular flexibility index (Phi) is 4.17. The van der Waals surface area contributed by atoms with Crippen LogP contribution in [0.2, 0.25) is 0 Å². The van der Waals surface area contributed by atoms with Crippen molar-refractivity contribution < 1.29 is 13.9 Å². The highest BCUT2D eigenvalue weighted by molar-refractivity contribution is 5.21. The molecule has 0 fully saturated rings. The van der Waals surface area contributed by atoms with Crippen LogP contribution in [0, 0.1) is 11.6 Å². The molecule has 2 nitrogen and oxygen atoms in total. The largest absolute Gasteiger partial charge is 0.392 e. The number of aliphatic hydroxyl groups is 1. The van der Waals surface area contributed by atoms with E-state index >= 15 is 0 Å². The fraction of sp³-hybridized carbons (Fsp3) is 0.455. The second-order valence-electron chi connectivity index (χ2n) is 3.70. The Labute approximate surface area is 87.7 Å². The molecule has 0 radical (unpaired) electrons. The van der Waals surface area contributed by atoms with Gasteiger partial charge < -0.3 is 10.8 Å². The summed E-state index contributed by atoms with van der Waals surface area (Å²) in [6.07, 6.45) is -0.158. The van der Waals surface area contributed by atoms with Gasteiger partial charge in [0.05, 0.1) is 6.10 Å². The molecule has 1 aromatic rings. The van der Waals surface area contributed by atoms with Gasteiger partial charge in [-0.05, 0) is 30.0 Å². The quantitative estimate of drug-likeness (QED) is 0.804. The van der Waals surface area contributed by atoms with Crippen molar-refractivity contribution in [2.24, 2.45) is 5.73 Å². The van der Waals surface area contributed by atoms with Gasteiger partial charge in [0.1, 0.15) is 0 Å². The molecule has 2 unspecified atom stereocenters. The summed E-state index contributed by atoms with van der Waals surface area (Å²) in [6, 6.07) is 3.77. The van der Waals surface area contributed by atoms with Gasteiger partial charge in [-0.2, -0.15) is 0 Å². The van der Waals surface area contributed by atoms with Crippen LogP contribution in [-0.2, 0) is 0 Å². The first-order valence-electron chi connectivity index (χ1n) is 4.87. The van der Waals surface area contributed by atoms with Crippen LogP contribution in [0.4, 0.5) is 8.78 Å². The van der Waals surface area contributed by atoms with E-state index in [9.17, 15) is 13.9 Å². The summed E-state index contributed by atoms with van der Waals surface area (Å²) in [6.45, 7) is 2.01. The van der Waals surface area contributed by atoms with Crippen molar-refractivity contribution >= 4 is 0 Å². The highest BCUT2D eigenvalue weighted by atomic mass is 19.2. The van der Waals surface area contributed by atoms with Gasteiger partial charge in [0.2, 0.25) is 0 Å². The molecule has 1 rings (SSSR count). The van der Waals surface area contributed by atoms with Crippen LogP contribution >= 0.6 is 0 Å². The number of nitrogens with two attached hydrogens (primary N) is 1. The van der Waals surface area contributed by atoms with Gasteiger partial charge in [0.25, 0.3) is 0 Å². The molecule has 4 heteroatoms. The summed E-state index contributed by atoms with van der Waals surface area (Å²) in [5.74, 6) is -1.76. The van der Waals surface area contributed by atoms with Crippen LogP contribution in [0.25, 0.3) is 0 Å². The van der Waals surface area contributed by atoms with Crippen LogP contribution in [0.5, 0.6) is 0 Å². The molecule has 0 heterocycles. The maximum atomic E-state index is 12.9. The first-order chi connectivity index (χ1) is 7.04. The van der Waals surface area contributed by atoms with Crippen molar-refractivity contribution in [3.05, 3.63) is 35.4 Å². The number of aliphatic hydroxyl groups excluding tert-OH is 1. The summed E-state index contributed by atoms with van der Waals surface area (Å²) in [7, 11) is 0. The van der Waals surface area contributed by atoms with Crippen LogP contribution in [-0.4, -0.2) is 17.8 Å². The molecule has 3 N–H and O–H groups in total. The van der Waals surface area contributed by atoms with E-state index in [1.54, 1.807) is 0 Å². The van der Waals surface area contributed by atoms with E-state index in [1.807, 2.05) is 6.92 Å². The van der Waals surface area contributed by atoms with Crippen molar-refractivity contribution in [3.63, 3.8) is 0 Å².